The summed E-state index contributed by atoms with van der Waals surface area (Å²) in [5.74, 6) is -6.41. The van der Waals surface area contributed by atoms with E-state index in [0.717, 1.165) is 6.42 Å². The highest BCUT2D eigenvalue weighted by Gasteiger charge is 2.56. The van der Waals surface area contributed by atoms with Crippen molar-refractivity contribution < 1.29 is 49.0 Å². The molecule has 2 fully saturated rings. The third-order valence-corrected chi connectivity index (χ3v) is 12.6. The lowest BCUT2D eigenvalue weighted by atomic mass is 9.72. The van der Waals surface area contributed by atoms with Crippen LogP contribution in [0.1, 0.15) is 124 Å². The minimum absolute atomic E-state index is 0.0628. The number of aliphatic carboxylic acids is 1. The average Bonchev–Trinajstić information content (AvgIpc) is 3.46. The minimum atomic E-state index is -2.49. The van der Waals surface area contributed by atoms with Crippen molar-refractivity contribution in [1.82, 2.24) is 4.98 Å². The summed E-state index contributed by atoms with van der Waals surface area (Å²) in [6.07, 6.45) is 8.47. The van der Waals surface area contributed by atoms with Crippen molar-refractivity contribution in [3.63, 3.8) is 0 Å². The van der Waals surface area contributed by atoms with Gasteiger partial charge < -0.3 is 34.6 Å². The standard InChI is InChI=1S/C41H61NO10/c1-10-30(35-25(5)22-40(12-3,51-35)31-18-20-39(48,11-2)27(7)50-31)34(44)26(6)33(43)24(4)15-16-28-17-19-38(8,9)41(49,32(28)36(45)46)52-37(47)29-14-13-21-42-23-29/h13-14,17,19,21,23-27,30-31,33,35,43,48-49H,10-12,15-16,18,20,22H2,1-9H3,(H,45,46)/t24-,25+,26+,27+,30+,31-,33+,35+,39-,40+,41?/m1/s1. The summed E-state index contributed by atoms with van der Waals surface area (Å²) in [4.78, 5) is 43.7. The second kappa shape index (κ2) is 16.2. The smallest absolute Gasteiger partial charge is 0.342 e. The van der Waals surface area contributed by atoms with Crippen molar-refractivity contribution in [2.45, 2.75) is 155 Å². The van der Waals surface area contributed by atoms with Gasteiger partial charge in [0.05, 0.1) is 46.6 Å². The molecule has 0 spiro atoms. The zero-order chi connectivity index (χ0) is 38.8. The first-order valence-corrected chi connectivity index (χ1v) is 19.1. The van der Waals surface area contributed by atoms with Crippen molar-refractivity contribution in [3.05, 3.63) is 53.4 Å². The summed E-state index contributed by atoms with van der Waals surface area (Å²) in [6, 6.07) is 3.00. The first kappa shape index (κ1) is 41.8. The quantitative estimate of drug-likeness (QED) is 0.120. The average molecular weight is 728 g/mol. The van der Waals surface area contributed by atoms with Gasteiger partial charge in [0.2, 0.25) is 0 Å². The van der Waals surface area contributed by atoms with Crippen LogP contribution in [-0.2, 0) is 23.8 Å². The largest absolute Gasteiger partial charge is 0.478 e. The van der Waals surface area contributed by atoms with Gasteiger partial charge in [-0.1, -0.05) is 53.7 Å². The lowest BCUT2D eigenvalue weighted by molar-refractivity contribution is -0.229. The van der Waals surface area contributed by atoms with Crippen LogP contribution in [0.4, 0.5) is 0 Å². The number of Topliss-reactive ketones (excluding diaryl/α,β-unsaturated/α-hetero) is 1. The Morgan fingerprint density at radius 3 is 2.35 bits per heavy atom. The minimum Gasteiger partial charge on any atom is -0.478 e. The first-order valence-electron chi connectivity index (χ1n) is 19.1. The van der Waals surface area contributed by atoms with Crippen LogP contribution in [0.15, 0.2) is 47.8 Å². The molecule has 1 aromatic rings. The number of hydrogen-bond donors (Lipinski definition) is 4. The van der Waals surface area contributed by atoms with E-state index in [1.165, 1.54) is 24.5 Å². The molecule has 0 amide bonds. The number of aromatic nitrogens is 1. The molecule has 1 unspecified atom stereocenters. The summed E-state index contributed by atoms with van der Waals surface area (Å²) in [5, 5.41) is 44.6. The summed E-state index contributed by atoms with van der Waals surface area (Å²) in [5.41, 5.74) is -2.83. The third kappa shape index (κ3) is 7.94. The van der Waals surface area contributed by atoms with Gasteiger partial charge in [-0.15, -0.1) is 0 Å². The van der Waals surface area contributed by atoms with E-state index in [1.54, 1.807) is 32.9 Å². The van der Waals surface area contributed by atoms with Gasteiger partial charge in [0.1, 0.15) is 11.4 Å². The lowest BCUT2D eigenvalue weighted by Gasteiger charge is -2.47. The maximum atomic E-state index is 14.1. The van der Waals surface area contributed by atoms with Gasteiger partial charge in [-0.2, -0.15) is 0 Å². The molecule has 0 saturated carbocycles. The molecule has 2 aliphatic heterocycles. The zero-order valence-electron chi connectivity index (χ0n) is 32.4. The highest BCUT2D eigenvalue weighted by Crippen LogP contribution is 2.49. The van der Waals surface area contributed by atoms with Crippen LogP contribution in [0.25, 0.3) is 0 Å². The number of allylic oxidation sites excluding steroid dienone is 2. The number of carboxylic acids is 1. The van der Waals surface area contributed by atoms with Gasteiger partial charge in [0.15, 0.2) is 0 Å². The fourth-order valence-corrected chi connectivity index (χ4v) is 8.66. The van der Waals surface area contributed by atoms with Crippen LogP contribution in [0, 0.1) is 29.1 Å². The predicted octanol–water partition coefficient (Wildman–Crippen LogP) is 6.20. The molecule has 4 N–H and O–H groups in total. The fraction of sp³-hybridized carbons (Fsp3) is 0.707. The number of hydrogen-bond acceptors (Lipinski definition) is 10. The highest BCUT2D eigenvalue weighted by molar-refractivity contribution is 5.94. The Morgan fingerprint density at radius 1 is 1.10 bits per heavy atom. The molecule has 3 heterocycles. The van der Waals surface area contributed by atoms with Crippen molar-refractivity contribution in [3.8, 4) is 0 Å². The SMILES string of the molecule is CC[C@@H](C(=O)[C@@H](C)[C@@H](O)[C@H](C)CCC1=C(C(=O)O)C(O)(OC(=O)c2cccnc2)C(C)(C)C=C1)[C@H]1O[C@](CC)([C@H]2CC[C@](O)(CC)[C@H](C)O2)C[C@@H]1C. The van der Waals surface area contributed by atoms with Gasteiger partial charge in [0.25, 0.3) is 5.79 Å². The van der Waals surface area contributed by atoms with Gasteiger partial charge in [-0.25, -0.2) is 9.59 Å². The third-order valence-electron chi connectivity index (χ3n) is 12.6. The van der Waals surface area contributed by atoms with Gasteiger partial charge >= 0.3 is 11.9 Å². The Kier molecular flexibility index (Phi) is 13.0. The zero-order valence-corrected chi connectivity index (χ0v) is 32.4. The van der Waals surface area contributed by atoms with Crippen molar-refractivity contribution in [2.24, 2.45) is 29.1 Å². The second-order valence-electron chi connectivity index (χ2n) is 16.2. The summed E-state index contributed by atoms with van der Waals surface area (Å²) < 4.78 is 18.9. The predicted molar refractivity (Wildman–Crippen MR) is 195 cm³/mol. The number of carbonyl (C=O) groups is 3. The van der Waals surface area contributed by atoms with E-state index in [2.05, 4.69) is 18.8 Å². The monoisotopic (exact) mass is 727 g/mol. The summed E-state index contributed by atoms with van der Waals surface area (Å²) >= 11 is 0. The number of pyridine rings is 1. The van der Waals surface area contributed by atoms with Crippen molar-refractivity contribution in [2.75, 3.05) is 0 Å². The molecule has 290 valence electrons. The molecule has 11 heteroatoms. The maximum Gasteiger partial charge on any atom is 0.342 e. The Balaban J connectivity index is 1.47. The van der Waals surface area contributed by atoms with E-state index in [1.807, 2.05) is 27.7 Å². The normalized spacial score (nSPS) is 34.0. The molecule has 11 nitrogen and oxygen atoms in total. The van der Waals surface area contributed by atoms with E-state index >= 15 is 0 Å². The molecule has 11 atom stereocenters. The number of aliphatic hydroxyl groups excluding tert-OH is 1. The summed E-state index contributed by atoms with van der Waals surface area (Å²) in [6.45, 7) is 16.8. The van der Waals surface area contributed by atoms with Crippen LogP contribution in [-0.4, -0.2) is 84.5 Å². The van der Waals surface area contributed by atoms with E-state index in [-0.39, 0.29) is 47.6 Å². The Bertz CT molecular complexity index is 1510. The van der Waals surface area contributed by atoms with Crippen molar-refractivity contribution >= 4 is 17.7 Å². The van der Waals surface area contributed by atoms with Gasteiger partial charge in [-0.3, -0.25) is 9.78 Å². The van der Waals surface area contributed by atoms with Crippen LogP contribution in [0.5, 0.6) is 0 Å². The molecule has 3 aliphatic rings. The second-order valence-corrected chi connectivity index (χ2v) is 16.2. The molecular formula is C41H61NO10. The topological polar surface area (TPSA) is 173 Å². The van der Waals surface area contributed by atoms with E-state index in [4.69, 9.17) is 14.2 Å². The first-order chi connectivity index (χ1) is 24.3. The van der Waals surface area contributed by atoms with Gasteiger partial charge in [-0.05, 0) is 102 Å². The number of aliphatic hydroxyl groups is 3. The molecule has 0 radical (unpaired) electrons. The molecule has 0 bridgehead atoms. The van der Waals surface area contributed by atoms with E-state index in [0.29, 0.717) is 38.5 Å². The number of nitrogens with zero attached hydrogens (tertiary/aromatic N) is 1. The molecule has 0 aromatic carbocycles. The molecule has 4 rings (SSSR count). The number of ether oxygens (including phenoxy) is 3. The lowest BCUT2D eigenvalue weighted by Crippen LogP contribution is -2.55. The van der Waals surface area contributed by atoms with Crippen LogP contribution in [0.3, 0.4) is 0 Å². The van der Waals surface area contributed by atoms with Crippen molar-refractivity contribution in [1.29, 1.82) is 0 Å². The van der Waals surface area contributed by atoms with E-state index < -0.39 is 63.8 Å². The van der Waals surface area contributed by atoms with Crippen LogP contribution < -0.4 is 0 Å². The number of carboxylic acid groups (broad SMARTS) is 1. The van der Waals surface area contributed by atoms with E-state index in [9.17, 15) is 34.8 Å². The highest BCUT2D eigenvalue weighted by atomic mass is 16.7. The summed E-state index contributed by atoms with van der Waals surface area (Å²) in [7, 11) is 0. The fourth-order valence-electron chi connectivity index (χ4n) is 8.66. The molecule has 1 aromatic heterocycles. The molecule has 1 aliphatic carbocycles. The van der Waals surface area contributed by atoms with Gasteiger partial charge in [0, 0.05) is 24.2 Å². The number of ketones is 1. The molecular weight excluding hydrogens is 666 g/mol. The Morgan fingerprint density at radius 2 is 1.79 bits per heavy atom. The Labute approximate surface area is 308 Å². The van der Waals surface area contributed by atoms with Crippen LogP contribution >= 0.6 is 0 Å². The van der Waals surface area contributed by atoms with Crippen LogP contribution in [0.2, 0.25) is 0 Å². The maximum absolute atomic E-state index is 14.1. The molecule has 52 heavy (non-hydrogen) atoms. The molecule has 2 saturated heterocycles. The number of carbonyl (C=O) groups excluding carboxylic acids is 2. The number of rotatable bonds is 15. The Hall–Kier alpha value is -2.96. The number of esters is 1.